The average molecular weight is 289 g/mol. The second-order valence-corrected chi connectivity index (χ2v) is 5.61. The van der Waals surface area contributed by atoms with E-state index < -0.39 is 0 Å². The van der Waals surface area contributed by atoms with Crippen molar-refractivity contribution in [1.82, 2.24) is 4.98 Å². The number of anilines is 1. The molecule has 1 aromatic heterocycles. The van der Waals surface area contributed by atoms with Crippen LogP contribution in [0.1, 0.15) is 26.2 Å². The van der Waals surface area contributed by atoms with Gasteiger partial charge in [0.15, 0.2) is 0 Å². The Morgan fingerprint density at radius 1 is 1.40 bits per heavy atom. The molecule has 1 amide bonds. The van der Waals surface area contributed by atoms with Crippen molar-refractivity contribution in [2.75, 3.05) is 5.32 Å². The molecule has 0 saturated carbocycles. The Kier molecular flexibility index (Phi) is 5.26. The second-order valence-electron chi connectivity index (χ2n) is 4.72. The first-order valence-corrected chi connectivity index (χ1v) is 7.62. The van der Waals surface area contributed by atoms with E-state index >= 15 is 0 Å². The van der Waals surface area contributed by atoms with Crippen LogP contribution < -0.4 is 11.1 Å². The van der Waals surface area contributed by atoms with Gasteiger partial charge >= 0.3 is 0 Å². The number of nitrogens with one attached hydrogen (secondary N) is 1. The third kappa shape index (κ3) is 4.15. The summed E-state index contributed by atoms with van der Waals surface area (Å²) in [5.74, 6) is -0.0343. The van der Waals surface area contributed by atoms with Crippen molar-refractivity contribution >= 4 is 22.9 Å². The monoisotopic (exact) mass is 289 g/mol. The lowest BCUT2D eigenvalue weighted by Crippen LogP contribution is -2.26. The van der Waals surface area contributed by atoms with E-state index in [1.54, 1.807) is 17.5 Å². The highest BCUT2D eigenvalue weighted by Gasteiger charge is 2.09. The first kappa shape index (κ1) is 14.7. The number of amides is 1. The molecule has 3 N–H and O–H groups in total. The maximum absolute atomic E-state index is 11.8. The summed E-state index contributed by atoms with van der Waals surface area (Å²) < 4.78 is 0. The largest absolute Gasteiger partial charge is 0.327 e. The highest BCUT2D eigenvalue weighted by atomic mass is 32.1. The number of carbonyl (C=O) groups is 1. The molecule has 106 valence electrons. The summed E-state index contributed by atoms with van der Waals surface area (Å²) in [7, 11) is 0. The van der Waals surface area contributed by atoms with Crippen LogP contribution in [0.3, 0.4) is 0 Å². The first-order chi connectivity index (χ1) is 9.69. The smallest absolute Gasteiger partial charge is 0.225 e. The lowest BCUT2D eigenvalue weighted by Gasteiger charge is -2.10. The van der Waals surface area contributed by atoms with E-state index in [-0.39, 0.29) is 11.9 Å². The fourth-order valence-corrected chi connectivity index (χ4v) is 2.63. The standard InChI is InChI=1S/C15H19N3OS/c1-2-3-12(16)10-14(19)18-13-6-4-11(5-7-13)15-17-8-9-20-15/h4-9,12H,2-3,10,16H2,1H3,(H,18,19). The third-order valence-electron chi connectivity index (χ3n) is 2.95. The van der Waals surface area contributed by atoms with E-state index in [9.17, 15) is 4.79 Å². The second kappa shape index (κ2) is 7.17. The van der Waals surface area contributed by atoms with Gasteiger partial charge in [-0.2, -0.15) is 0 Å². The Balaban J connectivity index is 1.92. The van der Waals surface area contributed by atoms with Gasteiger partial charge in [0, 0.05) is 35.3 Å². The molecule has 20 heavy (non-hydrogen) atoms. The predicted octanol–water partition coefficient (Wildman–Crippen LogP) is 3.27. The molecule has 5 heteroatoms. The number of hydrogen-bond donors (Lipinski definition) is 2. The number of benzene rings is 1. The van der Waals surface area contributed by atoms with E-state index in [0.717, 1.165) is 29.1 Å². The summed E-state index contributed by atoms with van der Waals surface area (Å²) in [6, 6.07) is 7.63. The summed E-state index contributed by atoms with van der Waals surface area (Å²) in [5, 5.41) is 5.79. The molecule has 2 aromatic rings. The highest BCUT2D eigenvalue weighted by Crippen LogP contribution is 2.23. The maximum Gasteiger partial charge on any atom is 0.225 e. The van der Waals surface area contributed by atoms with Gasteiger partial charge in [-0.25, -0.2) is 4.98 Å². The summed E-state index contributed by atoms with van der Waals surface area (Å²) in [5.41, 5.74) is 7.71. The molecule has 1 unspecified atom stereocenters. The van der Waals surface area contributed by atoms with Gasteiger partial charge in [-0.05, 0) is 30.7 Å². The maximum atomic E-state index is 11.8. The minimum absolute atomic E-state index is 0.0343. The van der Waals surface area contributed by atoms with Gasteiger partial charge in [0.05, 0.1) is 0 Å². The fourth-order valence-electron chi connectivity index (χ4n) is 1.99. The number of hydrogen-bond acceptors (Lipinski definition) is 4. The molecule has 0 radical (unpaired) electrons. The van der Waals surface area contributed by atoms with Crippen LogP contribution in [0.2, 0.25) is 0 Å². The molecular formula is C15H19N3OS. The molecule has 0 saturated heterocycles. The molecule has 0 aliphatic heterocycles. The molecule has 1 atom stereocenters. The van der Waals surface area contributed by atoms with Gasteiger partial charge in [0.25, 0.3) is 0 Å². The van der Waals surface area contributed by atoms with Crippen molar-refractivity contribution in [2.24, 2.45) is 5.73 Å². The summed E-state index contributed by atoms with van der Waals surface area (Å²) >= 11 is 1.59. The minimum atomic E-state index is -0.0606. The van der Waals surface area contributed by atoms with Crippen molar-refractivity contribution in [3.63, 3.8) is 0 Å². The summed E-state index contributed by atoms with van der Waals surface area (Å²) in [6.45, 7) is 2.06. The zero-order valence-corrected chi connectivity index (χ0v) is 12.3. The van der Waals surface area contributed by atoms with Crippen LogP contribution in [-0.2, 0) is 4.79 Å². The SMILES string of the molecule is CCCC(N)CC(=O)Nc1ccc(-c2nccs2)cc1. The van der Waals surface area contributed by atoms with E-state index in [4.69, 9.17) is 5.73 Å². The third-order valence-corrected chi connectivity index (χ3v) is 3.78. The van der Waals surface area contributed by atoms with Gasteiger partial charge in [0.2, 0.25) is 5.91 Å². The molecule has 0 bridgehead atoms. The quantitative estimate of drug-likeness (QED) is 0.857. The number of thiazole rings is 1. The molecule has 4 nitrogen and oxygen atoms in total. The van der Waals surface area contributed by atoms with Crippen molar-refractivity contribution in [2.45, 2.75) is 32.2 Å². The van der Waals surface area contributed by atoms with Crippen LogP contribution >= 0.6 is 11.3 Å². The Labute approximate surface area is 123 Å². The number of nitrogens with zero attached hydrogens (tertiary/aromatic N) is 1. The molecule has 2 rings (SSSR count). The lowest BCUT2D eigenvalue weighted by atomic mass is 10.1. The molecule has 1 heterocycles. The van der Waals surface area contributed by atoms with Crippen LogP contribution in [0.5, 0.6) is 0 Å². The zero-order chi connectivity index (χ0) is 14.4. The van der Waals surface area contributed by atoms with E-state index in [1.807, 2.05) is 29.6 Å². The van der Waals surface area contributed by atoms with Gasteiger partial charge in [-0.1, -0.05) is 13.3 Å². The lowest BCUT2D eigenvalue weighted by molar-refractivity contribution is -0.116. The zero-order valence-electron chi connectivity index (χ0n) is 11.5. The normalized spacial score (nSPS) is 12.1. The summed E-state index contributed by atoms with van der Waals surface area (Å²) in [6.07, 6.45) is 4.01. The Morgan fingerprint density at radius 3 is 2.75 bits per heavy atom. The first-order valence-electron chi connectivity index (χ1n) is 6.74. The molecule has 0 aliphatic carbocycles. The Morgan fingerprint density at radius 2 is 2.15 bits per heavy atom. The molecule has 0 spiro atoms. The van der Waals surface area contributed by atoms with Crippen molar-refractivity contribution < 1.29 is 4.79 Å². The topological polar surface area (TPSA) is 68.0 Å². The molecule has 0 aliphatic rings. The Bertz CT molecular complexity index is 537. The Hall–Kier alpha value is -1.72. The number of aromatic nitrogens is 1. The molecular weight excluding hydrogens is 270 g/mol. The van der Waals surface area contributed by atoms with E-state index in [0.29, 0.717) is 6.42 Å². The van der Waals surface area contributed by atoms with Gasteiger partial charge in [-0.15, -0.1) is 11.3 Å². The van der Waals surface area contributed by atoms with E-state index in [2.05, 4.69) is 17.2 Å². The fraction of sp³-hybridized carbons (Fsp3) is 0.333. The minimum Gasteiger partial charge on any atom is -0.327 e. The molecule has 0 fully saturated rings. The van der Waals surface area contributed by atoms with Gasteiger partial charge < -0.3 is 11.1 Å². The highest BCUT2D eigenvalue weighted by molar-refractivity contribution is 7.13. The van der Waals surface area contributed by atoms with Crippen molar-refractivity contribution in [1.29, 1.82) is 0 Å². The summed E-state index contributed by atoms with van der Waals surface area (Å²) in [4.78, 5) is 16.1. The van der Waals surface area contributed by atoms with Crippen molar-refractivity contribution in [3.05, 3.63) is 35.8 Å². The van der Waals surface area contributed by atoms with Gasteiger partial charge in [-0.3, -0.25) is 4.79 Å². The van der Waals surface area contributed by atoms with E-state index in [1.165, 1.54) is 0 Å². The van der Waals surface area contributed by atoms with Crippen LogP contribution in [0, 0.1) is 0 Å². The van der Waals surface area contributed by atoms with Gasteiger partial charge in [0.1, 0.15) is 5.01 Å². The van der Waals surface area contributed by atoms with Crippen LogP contribution in [0.15, 0.2) is 35.8 Å². The number of nitrogens with two attached hydrogens (primary N) is 1. The molecule has 1 aromatic carbocycles. The van der Waals surface area contributed by atoms with Crippen molar-refractivity contribution in [3.8, 4) is 10.6 Å². The number of rotatable bonds is 6. The predicted molar refractivity (Wildman–Crippen MR) is 83.7 cm³/mol. The van der Waals surface area contributed by atoms with Crippen LogP contribution in [0.25, 0.3) is 10.6 Å². The van der Waals surface area contributed by atoms with Crippen LogP contribution in [0.4, 0.5) is 5.69 Å². The number of carbonyl (C=O) groups excluding carboxylic acids is 1. The average Bonchev–Trinajstić information content (AvgIpc) is 2.93. The van der Waals surface area contributed by atoms with Crippen LogP contribution in [-0.4, -0.2) is 16.9 Å².